The highest BCUT2D eigenvalue weighted by molar-refractivity contribution is 5.28. The largest absolute Gasteiger partial charge is 0.497 e. The number of unbranched alkanes of at least 4 members (excludes halogenated alkanes) is 5. The number of ether oxygens (including phenoxy) is 1. The second-order valence-corrected chi connectivity index (χ2v) is 4.45. The summed E-state index contributed by atoms with van der Waals surface area (Å²) in [6.45, 7) is 0.337. The molecule has 0 fully saturated rings. The lowest BCUT2D eigenvalue weighted by Crippen LogP contribution is -1.89. The van der Waals surface area contributed by atoms with E-state index in [1.807, 2.05) is 6.07 Å². The van der Waals surface area contributed by atoms with Crippen molar-refractivity contribution in [2.75, 3.05) is 13.7 Å². The molecule has 1 aromatic rings. The maximum Gasteiger partial charge on any atom is 0.119 e. The molecule has 0 saturated heterocycles. The third kappa shape index (κ3) is 6.32. The summed E-state index contributed by atoms with van der Waals surface area (Å²) in [6.07, 6.45) is 8.31. The monoisotopic (exact) mass is 236 g/mol. The van der Waals surface area contributed by atoms with Crippen LogP contribution in [-0.4, -0.2) is 18.8 Å². The fourth-order valence-electron chi connectivity index (χ4n) is 1.98. The van der Waals surface area contributed by atoms with E-state index in [4.69, 9.17) is 9.84 Å². The van der Waals surface area contributed by atoms with Crippen molar-refractivity contribution >= 4 is 0 Å². The standard InChI is InChI=1S/C15H24O2/c1-17-15-11-8-10-14(13-15)9-6-4-2-3-5-7-12-16/h8,10-11,13,16H,2-7,9,12H2,1H3. The fraction of sp³-hybridized carbons (Fsp3) is 0.600. The van der Waals surface area contributed by atoms with E-state index in [1.165, 1.54) is 31.2 Å². The predicted octanol–water partition coefficient (Wildman–Crippen LogP) is 3.57. The first-order chi connectivity index (χ1) is 8.36. The van der Waals surface area contributed by atoms with Crippen molar-refractivity contribution in [3.8, 4) is 5.75 Å². The summed E-state index contributed by atoms with van der Waals surface area (Å²) in [7, 11) is 1.71. The lowest BCUT2D eigenvalue weighted by molar-refractivity contribution is 0.282. The molecule has 0 amide bonds. The number of hydrogen-bond donors (Lipinski definition) is 1. The molecule has 0 unspecified atom stereocenters. The van der Waals surface area contributed by atoms with Gasteiger partial charge in [-0.25, -0.2) is 0 Å². The molecular weight excluding hydrogens is 212 g/mol. The van der Waals surface area contributed by atoms with Crippen LogP contribution in [0.25, 0.3) is 0 Å². The Balaban J connectivity index is 2.09. The number of aryl methyl sites for hydroxylation is 1. The van der Waals surface area contributed by atoms with Crippen molar-refractivity contribution in [3.05, 3.63) is 29.8 Å². The number of hydrogen-bond acceptors (Lipinski definition) is 2. The van der Waals surface area contributed by atoms with Gasteiger partial charge in [0.25, 0.3) is 0 Å². The Morgan fingerprint density at radius 1 is 1.00 bits per heavy atom. The van der Waals surface area contributed by atoms with Gasteiger partial charge in [-0.3, -0.25) is 0 Å². The molecule has 0 aliphatic heterocycles. The summed E-state index contributed by atoms with van der Waals surface area (Å²) in [5.74, 6) is 0.949. The highest BCUT2D eigenvalue weighted by Gasteiger charge is 1.96. The number of methoxy groups -OCH3 is 1. The van der Waals surface area contributed by atoms with Gasteiger partial charge < -0.3 is 9.84 Å². The first-order valence-electron chi connectivity index (χ1n) is 6.60. The highest BCUT2D eigenvalue weighted by Crippen LogP contribution is 2.15. The Hall–Kier alpha value is -1.02. The van der Waals surface area contributed by atoms with Crippen molar-refractivity contribution in [2.24, 2.45) is 0 Å². The predicted molar refractivity (Wildman–Crippen MR) is 71.5 cm³/mol. The van der Waals surface area contributed by atoms with Crippen molar-refractivity contribution in [2.45, 2.75) is 44.9 Å². The molecule has 96 valence electrons. The van der Waals surface area contributed by atoms with E-state index in [0.717, 1.165) is 25.0 Å². The van der Waals surface area contributed by atoms with Gasteiger partial charge in [-0.2, -0.15) is 0 Å². The van der Waals surface area contributed by atoms with E-state index in [1.54, 1.807) is 7.11 Å². The lowest BCUT2D eigenvalue weighted by Gasteiger charge is -2.04. The van der Waals surface area contributed by atoms with E-state index >= 15 is 0 Å². The first-order valence-corrected chi connectivity index (χ1v) is 6.60. The van der Waals surface area contributed by atoms with E-state index < -0.39 is 0 Å². The van der Waals surface area contributed by atoms with Crippen LogP contribution in [0.4, 0.5) is 0 Å². The average Bonchev–Trinajstić information content (AvgIpc) is 2.38. The van der Waals surface area contributed by atoms with Gasteiger partial charge in [-0.15, -0.1) is 0 Å². The van der Waals surface area contributed by atoms with Crippen LogP contribution in [0.2, 0.25) is 0 Å². The molecule has 0 atom stereocenters. The van der Waals surface area contributed by atoms with Gasteiger partial charge in [-0.05, 0) is 37.0 Å². The zero-order chi connectivity index (χ0) is 12.3. The van der Waals surface area contributed by atoms with Crippen molar-refractivity contribution in [1.82, 2.24) is 0 Å². The van der Waals surface area contributed by atoms with Gasteiger partial charge in [-0.1, -0.05) is 37.8 Å². The van der Waals surface area contributed by atoms with Crippen LogP contribution in [0.3, 0.4) is 0 Å². The zero-order valence-electron chi connectivity index (χ0n) is 10.8. The minimum atomic E-state index is 0.337. The maximum absolute atomic E-state index is 8.66. The van der Waals surface area contributed by atoms with Crippen LogP contribution < -0.4 is 4.74 Å². The summed E-state index contributed by atoms with van der Waals surface area (Å²) in [4.78, 5) is 0. The van der Waals surface area contributed by atoms with Gasteiger partial charge in [0.2, 0.25) is 0 Å². The number of rotatable bonds is 9. The molecule has 1 aromatic carbocycles. The minimum Gasteiger partial charge on any atom is -0.497 e. The van der Waals surface area contributed by atoms with Crippen molar-refractivity contribution < 1.29 is 9.84 Å². The molecule has 1 N–H and O–H groups in total. The van der Waals surface area contributed by atoms with E-state index in [9.17, 15) is 0 Å². The van der Waals surface area contributed by atoms with E-state index in [2.05, 4.69) is 18.2 Å². The Bertz CT molecular complexity index is 297. The third-order valence-corrected chi connectivity index (χ3v) is 3.01. The van der Waals surface area contributed by atoms with Gasteiger partial charge in [0.1, 0.15) is 5.75 Å². The second kappa shape index (κ2) is 9.06. The fourth-order valence-corrected chi connectivity index (χ4v) is 1.98. The first kappa shape index (κ1) is 14.0. The minimum absolute atomic E-state index is 0.337. The summed E-state index contributed by atoms with van der Waals surface area (Å²) < 4.78 is 5.20. The third-order valence-electron chi connectivity index (χ3n) is 3.01. The molecule has 0 spiro atoms. The molecule has 0 aliphatic carbocycles. The molecule has 2 heteroatoms. The van der Waals surface area contributed by atoms with Gasteiger partial charge in [0, 0.05) is 6.61 Å². The van der Waals surface area contributed by atoms with Crippen molar-refractivity contribution in [1.29, 1.82) is 0 Å². The molecule has 0 aliphatic rings. The van der Waals surface area contributed by atoms with Crippen molar-refractivity contribution in [3.63, 3.8) is 0 Å². The summed E-state index contributed by atoms with van der Waals surface area (Å²) >= 11 is 0. The quantitative estimate of drug-likeness (QED) is 0.664. The van der Waals surface area contributed by atoms with Gasteiger partial charge in [0.15, 0.2) is 0 Å². The SMILES string of the molecule is COc1cccc(CCCCCCCCO)c1. The Morgan fingerprint density at radius 2 is 1.71 bits per heavy atom. The smallest absolute Gasteiger partial charge is 0.119 e. The van der Waals surface area contributed by atoms with Crippen LogP contribution >= 0.6 is 0 Å². The van der Waals surface area contributed by atoms with Crippen LogP contribution in [0, 0.1) is 0 Å². The normalized spacial score (nSPS) is 10.5. The van der Waals surface area contributed by atoms with Gasteiger partial charge in [0.05, 0.1) is 7.11 Å². The molecule has 0 bridgehead atoms. The van der Waals surface area contributed by atoms with E-state index in [-0.39, 0.29) is 0 Å². The van der Waals surface area contributed by atoms with Gasteiger partial charge >= 0.3 is 0 Å². The Kier molecular flexibility index (Phi) is 7.48. The Labute approximate surface area is 105 Å². The highest BCUT2D eigenvalue weighted by atomic mass is 16.5. The molecule has 17 heavy (non-hydrogen) atoms. The number of aliphatic hydroxyl groups excluding tert-OH is 1. The summed E-state index contributed by atoms with van der Waals surface area (Å²) in [5.41, 5.74) is 1.36. The molecule has 1 rings (SSSR count). The van der Waals surface area contributed by atoms with E-state index in [0.29, 0.717) is 6.61 Å². The zero-order valence-corrected chi connectivity index (χ0v) is 10.8. The maximum atomic E-state index is 8.66. The number of benzene rings is 1. The molecule has 0 radical (unpaired) electrons. The Morgan fingerprint density at radius 3 is 2.41 bits per heavy atom. The van der Waals surface area contributed by atoms with Crippen LogP contribution in [0.1, 0.15) is 44.1 Å². The molecular formula is C15H24O2. The number of aliphatic hydroxyl groups is 1. The second-order valence-electron chi connectivity index (χ2n) is 4.45. The molecule has 0 heterocycles. The summed E-state index contributed by atoms with van der Waals surface area (Å²) in [6, 6.07) is 8.31. The molecule has 0 aromatic heterocycles. The molecule has 2 nitrogen and oxygen atoms in total. The molecule has 0 saturated carbocycles. The average molecular weight is 236 g/mol. The van der Waals surface area contributed by atoms with Crippen LogP contribution in [0.5, 0.6) is 5.75 Å². The van der Waals surface area contributed by atoms with Crippen LogP contribution in [-0.2, 0) is 6.42 Å². The summed E-state index contributed by atoms with van der Waals surface area (Å²) in [5, 5.41) is 8.66. The van der Waals surface area contributed by atoms with Crippen LogP contribution in [0.15, 0.2) is 24.3 Å². The topological polar surface area (TPSA) is 29.5 Å². The lowest BCUT2D eigenvalue weighted by atomic mass is 10.0.